The molecule has 0 aromatic carbocycles. The zero-order valence-electron chi connectivity index (χ0n) is 13.7. The summed E-state index contributed by atoms with van der Waals surface area (Å²) in [6, 6.07) is 0. The molecule has 1 aromatic rings. The minimum absolute atomic E-state index is 0.0282. The Kier molecular flexibility index (Phi) is 5.52. The van der Waals surface area contributed by atoms with Crippen molar-refractivity contribution >= 4 is 11.8 Å². The van der Waals surface area contributed by atoms with E-state index < -0.39 is 0 Å². The summed E-state index contributed by atoms with van der Waals surface area (Å²) >= 11 is 0. The number of amides is 2. The Morgan fingerprint density at radius 1 is 1.29 bits per heavy atom. The van der Waals surface area contributed by atoms with E-state index >= 15 is 0 Å². The summed E-state index contributed by atoms with van der Waals surface area (Å²) in [5, 5.41) is 6.74. The number of hydrogen-bond donors (Lipinski definition) is 1. The van der Waals surface area contributed by atoms with Gasteiger partial charge in [0.05, 0.1) is 12.2 Å². The van der Waals surface area contributed by atoms with Gasteiger partial charge in [-0.25, -0.2) is 0 Å². The minimum Gasteiger partial charge on any atom is -0.361 e. The van der Waals surface area contributed by atoms with Gasteiger partial charge in [0, 0.05) is 12.1 Å². The highest BCUT2D eigenvalue weighted by atomic mass is 16.5. The van der Waals surface area contributed by atoms with Crippen LogP contribution in [0.3, 0.4) is 0 Å². The van der Waals surface area contributed by atoms with Crippen molar-refractivity contribution in [3.63, 3.8) is 0 Å². The summed E-state index contributed by atoms with van der Waals surface area (Å²) < 4.78 is 5.09. The highest BCUT2D eigenvalue weighted by Crippen LogP contribution is 2.16. The van der Waals surface area contributed by atoms with Crippen LogP contribution in [0, 0.1) is 6.92 Å². The minimum atomic E-state index is -0.318. The lowest BCUT2D eigenvalue weighted by Crippen LogP contribution is -2.47. The predicted octanol–water partition coefficient (Wildman–Crippen LogP) is 1.92. The molecule has 0 unspecified atom stereocenters. The molecule has 21 heavy (non-hydrogen) atoms. The summed E-state index contributed by atoms with van der Waals surface area (Å²) in [6.45, 7) is 11.7. The Bertz CT molecular complexity index is 515. The van der Waals surface area contributed by atoms with Crippen molar-refractivity contribution in [1.82, 2.24) is 15.4 Å². The van der Waals surface area contributed by atoms with Gasteiger partial charge in [-0.15, -0.1) is 0 Å². The molecule has 1 aromatic heterocycles. The van der Waals surface area contributed by atoms with Crippen molar-refractivity contribution in [2.24, 2.45) is 0 Å². The van der Waals surface area contributed by atoms with Crippen LogP contribution in [-0.4, -0.2) is 40.5 Å². The first-order valence-corrected chi connectivity index (χ1v) is 7.25. The molecule has 1 rings (SSSR count). The Morgan fingerprint density at radius 2 is 1.90 bits per heavy atom. The molecule has 0 bridgehead atoms. The van der Waals surface area contributed by atoms with Crippen molar-refractivity contribution in [2.45, 2.75) is 53.5 Å². The molecule has 2 amide bonds. The van der Waals surface area contributed by atoms with Crippen LogP contribution in [0.5, 0.6) is 0 Å². The zero-order chi connectivity index (χ0) is 16.2. The van der Waals surface area contributed by atoms with E-state index in [4.69, 9.17) is 4.52 Å². The number of aromatic nitrogens is 1. The van der Waals surface area contributed by atoms with Crippen molar-refractivity contribution in [1.29, 1.82) is 0 Å². The first kappa shape index (κ1) is 17.2. The van der Waals surface area contributed by atoms with Gasteiger partial charge in [-0.3, -0.25) is 9.59 Å². The molecule has 118 valence electrons. The van der Waals surface area contributed by atoms with Crippen LogP contribution >= 0.6 is 0 Å². The van der Waals surface area contributed by atoms with E-state index in [9.17, 15) is 9.59 Å². The van der Waals surface area contributed by atoms with Crippen LogP contribution < -0.4 is 5.32 Å². The van der Waals surface area contributed by atoms with E-state index in [1.165, 1.54) is 4.90 Å². The van der Waals surface area contributed by atoms with Crippen LogP contribution in [0.2, 0.25) is 0 Å². The molecule has 0 spiro atoms. The van der Waals surface area contributed by atoms with Gasteiger partial charge in [-0.05, 0) is 41.0 Å². The Labute approximate surface area is 125 Å². The molecule has 0 saturated heterocycles. The Hall–Kier alpha value is -1.85. The monoisotopic (exact) mass is 295 g/mol. The van der Waals surface area contributed by atoms with E-state index in [1.807, 2.05) is 34.6 Å². The third kappa shape index (κ3) is 4.58. The lowest BCUT2D eigenvalue weighted by molar-refractivity contribution is -0.123. The fourth-order valence-electron chi connectivity index (χ4n) is 2.05. The van der Waals surface area contributed by atoms with Crippen molar-refractivity contribution in [2.75, 3.05) is 13.1 Å². The molecule has 0 atom stereocenters. The second-order valence-electron chi connectivity index (χ2n) is 6.03. The average Bonchev–Trinajstić information content (AvgIpc) is 2.74. The predicted molar refractivity (Wildman–Crippen MR) is 80.1 cm³/mol. The molecular weight excluding hydrogens is 270 g/mol. The number of aryl methyl sites for hydroxylation is 2. The molecule has 1 N–H and O–H groups in total. The Balaban J connectivity index is 2.87. The van der Waals surface area contributed by atoms with Gasteiger partial charge in [0.25, 0.3) is 5.91 Å². The number of rotatable bonds is 5. The van der Waals surface area contributed by atoms with Crippen molar-refractivity contribution in [3.8, 4) is 0 Å². The third-order valence-electron chi connectivity index (χ3n) is 3.00. The van der Waals surface area contributed by atoms with Crippen molar-refractivity contribution in [3.05, 3.63) is 17.0 Å². The normalized spacial score (nSPS) is 11.3. The van der Waals surface area contributed by atoms with Gasteiger partial charge >= 0.3 is 0 Å². The standard InChI is InChI=1S/C15H25N3O3/c1-7-11-13(10(3)21-17-11)14(20)18(8-2)9-12(19)16-15(4,5)6/h7-9H2,1-6H3,(H,16,19). The summed E-state index contributed by atoms with van der Waals surface area (Å²) in [5.74, 6) is 0.105. The first-order valence-electron chi connectivity index (χ1n) is 7.25. The number of nitrogens with zero attached hydrogens (tertiary/aromatic N) is 2. The fourth-order valence-corrected chi connectivity index (χ4v) is 2.05. The van der Waals surface area contributed by atoms with E-state index in [0.717, 1.165) is 0 Å². The number of likely N-dealkylation sites (N-methyl/N-ethyl adjacent to an activating group) is 1. The first-order chi connectivity index (χ1) is 9.69. The van der Waals surface area contributed by atoms with Gasteiger partial charge in [0.1, 0.15) is 11.3 Å². The van der Waals surface area contributed by atoms with Gasteiger partial charge in [-0.2, -0.15) is 0 Å². The van der Waals surface area contributed by atoms with Gasteiger partial charge in [0.2, 0.25) is 5.91 Å². The molecule has 0 fully saturated rings. The molecule has 0 aliphatic heterocycles. The molecule has 1 heterocycles. The van der Waals surface area contributed by atoms with Crippen LogP contribution in [0.1, 0.15) is 56.4 Å². The lowest BCUT2D eigenvalue weighted by atomic mass is 10.1. The summed E-state index contributed by atoms with van der Waals surface area (Å²) in [5.41, 5.74) is 0.788. The second kappa shape index (κ2) is 6.74. The SMILES string of the molecule is CCc1noc(C)c1C(=O)N(CC)CC(=O)NC(C)(C)C. The van der Waals surface area contributed by atoms with E-state index in [0.29, 0.717) is 30.0 Å². The van der Waals surface area contributed by atoms with E-state index in [-0.39, 0.29) is 23.9 Å². The Morgan fingerprint density at radius 3 is 2.38 bits per heavy atom. The van der Waals surface area contributed by atoms with Crippen molar-refractivity contribution < 1.29 is 14.1 Å². The van der Waals surface area contributed by atoms with Crippen LogP contribution in [-0.2, 0) is 11.2 Å². The molecule has 0 saturated carbocycles. The van der Waals surface area contributed by atoms with E-state index in [2.05, 4.69) is 10.5 Å². The molecule has 0 aliphatic carbocycles. The quantitative estimate of drug-likeness (QED) is 0.900. The summed E-state index contributed by atoms with van der Waals surface area (Å²) in [7, 11) is 0. The van der Waals surface area contributed by atoms with Gasteiger partial charge in [0.15, 0.2) is 0 Å². The third-order valence-corrected chi connectivity index (χ3v) is 3.00. The summed E-state index contributed by atoms with van der Waals surface area (Å²) in [4.78, 5) is 26.1. The molecule has 0 radical (unpaired) electrons. The molecule has 0 aliphatic rings. The average molecular weight is 295 g/mol. The fraction of sp³-hybridized carbons (Fsp3) is 0.667. The second-order valence-corrected chi connectivity index (χ2v) is 6.03. The number of nitrogens with one attached hydrogen (secondary N) is 1. The maximum absolute atomic E-state index is 12.6. The largest absolute Gasteiger partial charge is 0.361 e. The van der Waals surface area contributed by atoms with Crippen LogP contribution in [0.15, 0.2) is 4.52 Å². The number of carbonyl (C=O) groups is 2. The lowest BCUT2D eigenvalue weighted by Gasteiger charge is -2.25. The maximum atomic E-state index is 12.6. The topological polar surface area (TPSA) is 75.4 Å². The maximum Gasteiger partial charge on any atom is 0.259 e. The van der Waals surface area contributed by atoms with E-state index in [1.54, 1.807) is 6.92 Å². The molecular formula is C15H25N3O3. The highest BCUT2D eigenvalue weighted by Gasteiger charge is 2.25. The smallest absolute Gasteiger partial charge is 0.259 e. The summed E-state index contributed by atoms with van der Waals surface area (Å²) in [6.07, 6.45) is 0.615. The number of hydrogen-bond acceptors (Lipinski definition) is 4. The zero-order valence-corrected chi connectivity index (χ0v) is 13.7. The van der Waals surface area contributed by atoms with Crippen LogP contribution in [0.25, 0.3) is 0 Å². The molecule has 6 nitrogen and oxygen atoms in total. The molecule has 6 heteroatoms. The number of carbonyl (C=O) groups excluding carboxylic acids is 2. The van der Waals surface area contributed by atoms with Crippen LogP contribution in [0.4, 0.5) is 0 Å². The van der Waals surface area contributed by atoms with Gasteiger partial charge < -0.3 is 14.7 Å². The van der Waals surface area contributed by atoms with Gasteiger partial charge in [-0.1, -0.05) is 12.1 Å². The highest BCUT2D eigenvalue weighted by molar-refractivity contribution is 5.98.